The molecule has 0 radical (unpaired) electrons. The lowest BCUT2D eigenvalue weighted by Crippen LogP contribution is -2.49. The first kappa shape index (κ1) is 29.4. The third-order valence-electron chi connectivity index (χ3n) is 6.75. The van der Waals surface area contributed by atoms with Crippen molar-refractivity contribution in [2.75, 3.05) is 51.8 Å². The van der Waals surface area contributed by atoms with Gasteiger partial charge in [0.1, 0.15) is 6.61 Å². The van der Waals surface area contributed by atoms with Gasteiger partial charge >= 0.3 is 5.97 Å². The van der Waals surface area contributed by atoms with Crippen LogP contribution >= 0.6 is 0 Å². The molecule has 3 aromatic carbocycles. The lowest BCUT2D eigenvalue weighted by Gasteiger charge is -2.39. The molecule has 1 aliphatic rings. The van der Waals surface area contributed by atoms with E-state index in [1.54, 1.807) is 12.1 Å². The van der Waals surface area contributed by atoms with Crippen LogP contribution in [-0.4, -0.2) is 76.0 Å². The molecule has 9 nitrogen and oxygen atoms in total. The molecule has 1 amide bonds. The van der Waals surface area contributed by atoms with Gasteiger partial charge in [0.25, 0.3) is 0 Å². The molecule has 1 fully saturated rings. The highest BCUT2D eigenvalue weighted by Crippen LogP contribution is 2.30. The standard InChI is InChI=1S/C30H35N3O6S/c1-38-22-23-39-29(35)17-16-28(34)31-26-12-14-27(15-13-26)40(36,37)33-20-18-32(19-21-33)30(24-8-4-2-5-9-24)25-10-6-3-7-11-25/h2-15,30H,16-23H2,1H3,(H,31,34). The molecular formula is C30H35N3O6S. The summed E-state index contributed by atoms with van der Waals surface area (Å²) >= 11 is 0. The number of methoxy groups -OCH3 is 1. The highest BCUT2D eigenvalue weighted by atomic mass is 32.2. The van der Waals surface area contributed by atoms with Crippen molar-refractivity contribution in [1.29, 1.82) is 0 Å². The predicted molar refractivity (Wildman–Crippen MR) is 152 cm³/mol. The fourth-order valence-electron chi connectivity index (χ4n) is 4.70. The zero-order chi connectivity index (χ0) is 28.4. The van der Waals surface area contributed by atoms with E-state index in [0.29, 0.717) is 38.5 Å². The Labute approximate surface area is 235 Å². The Balaban J connectivity index is 1.34. The number of hydrogen-bond donors (Lipinski definition) is 1. The van der Waals surface area contributed by atoms with E-state index in [1.165, 1.54) is 34.7 Å². The van der Waals surface area contributed by atoms with E-state index in [9.17, 15) is 18.0 Å². The number of carbonyl (C=O) groups is 2. The number of ether oxygens (including phenoxy) is 2. The number of nitrogens with zero attached hydrogens (tertiary/aromatic N) is 2. The average Bonchev–Trinajstić information content (AvgIpc) is 2.98. The van der Waals surface area contributed by atoms with Crippen molar-refractivity contribution < 1.29 is 27.5 Å². The second-order valence-corrected chi connectivity index (χ2v) is 11.4. The molecule has 1 saturated heterocycles. The molecule has 0 bridgehead atoms. The van der Waals surface area contributed by atoms with Gasteiger partial charge < -0.3 is 14.8 Å². The van der Waals surface area contributed by atoms with Crippen LogP contribution in [0.5, 0.6) is 0 Å². The SMILES string of the molecule is COCCOC(=O)CCC(=O)Nc1ccc(S(=O)(=O)N2CCN(C(c3ccccc3)c3ccccc3)CC2)cc1. The van der Waals surface area contributed by atoms with Gasteiger partial charge in [0, 0.05) is 45.4 Å². The van der Waals surface area contributed by atoms with Crippen molar-refractivity contribution in [2.24, 2.45) is 0 Å². The summed E-state index contributed by atoms with van der Waals surface area (Å²) in [5.41, 5.74) is 2.80. The van der Waals surface area contributed by atoms with Crippen LogP contribution in [0.15, 0.2) is 89.8 Å². The summed E-state index contributed by atoms with van der Waals surface area (Å²) in [6, 6.07) is 26.7. The van der Waals surface area contributed by atoms with Gasteiger partial charge in [0.2, 0.25) is 15.9 Å². The number of amides is 1. The zero-order valence-electron chi connectivity index (χ0n) is 22.6. The van der Waals surface area contributed by atoms with Crippen LogP contribution in [0.25, 0.3) is 0 Å². The minimum atomic E-state index is -3.70. The molecule has 0 saturated carbocycles. The van der Waals surface area contributed by atoms with Crippen molar-refractivity contribution >= 4 is 27.6 Å². The molecule has 4 rings (SSSR count). The maximum atomic E-state index is 13.4. The molecular weight excluding hydrogens is 530 g/mol. The molecule has 3 aromatic rings. The summed E-state index contributed by atoms with van der Waals surface area (Å²) in [6.45, 7) is 2.37. The highest BCUT2D eigenvalue weighted by Gasteiger charge is 2.32. The number of carbonyl (C=O) groups excluding carboxylic acids is 2. The first-order valence-electron chi connectivity index (χ1n) is 13.3. The number of nitrogens with one attached hydrogen (secondary N) is 1. The average molecular weight is 566 g/mol. The van der Waals surface area contributed by atoms with Gasteiger partial charge in [-0.25, -0.2) is 8.42 Å². The summed E-state index contributed by atoms with van der Waals surface area (Å²) in [7, 11) is -2.19. The summed E-state index contributed by atoms with van der Waals surface area (Å²) in [5, 5.41) is 2.69. The fourth-order valence-corrected chi connectivity index (χ4v) is 6.12. The van der Waals surface area contributed by atoms with Crippen molar-refractivity contribution in [3.8, 4) is 0 Å². The Morgan fingerprint density at radius 3 is 1.93 bits per heavy atom. The molecule has 212 valence electrons. The number of hydrogen-bond acceptors (Lipinski definition) is 7. The molecule has 0 atom stereocenters. The molecule has 1 heterocycles. The number of anilines is 1. The molecule has 40 heavy (non-hydrogen) atoms. The largest absolute Gasteiger partial charge is 0.463 e. The Hall–Kier alpha value is -3.57. The lowest BCUT2D eigenvalue weighted by molar-refractivity contribution is -0.145. The topological polar surface area (TPSA) is 105 Å². The highest BCUT2D eigenvalue weighted by molar-refractivity contribution is 7.89. The number of esters is 1. The van der Waals surface area contributed by atoms with Crippen LogP contribution in [0.4, 0.5) is 5.69 Å². The normalized spacial score (nSPS) is 14.7. The summed E-state index contributed by atoms with van der Waals surface area (Å²) in [4.78, 5) is 26.3. The molecule has 0 unspecified atom stereocenters. The van der Waals surface area contributed by atoms with Crippen LogP contribution < -0.4 is 5.32 Å². The third kappa shape index (κ3) is 7.76. The minimum Gasteiger partial charge on any atom is -0.463 e. The summed E-state index contributed by atoms with van der Waals surface area (Å²) < 4.78 is 38.0. The maximum Gasteiger partial charge on any atom is 0.306 e. The van der Waals surface area contributed by atoms with Gasteiger partial charge in [0.15, 0.2) is 0 Å². The minimum absolute atomic E-state index is 0.0386. The van der Waals surface area contributed by atoms with E-state index in [0.717, 1.165) is 0 Å². The van der Waals surface area contributed by atoms with E-state index in [1.807, 2.05) is 36.4 Å². The lowest BCUT2D eigenvalue weighted by atomic mass is 9.96. The van der Waals surface area contributed by atoms with Crippen molar-refractivity contribution in [1.82, 2.24) is 9.21 Å². The monoisotopic (exact) mass is 565 g/mol. The predicted octanol–water partition coefficient (Wildman–Crippen LogP) is 3.69. The number of sulfonamides is 1. The van der Waals surface area contributed by atoms with Gasteiger partial charge in [-0.1, -0.05) is 60.7 Å². The molecule has 0 aromatic heterocycles. The van der Waals surface area contributed by atoms with Crippen molar-refractivity contribution in [3.05, 3.63) is 96.1 Å². The quantitative estimate of drug-likeness (QED) is 0.264. The van der Waals surface area contributed by atoms with E-state index < -0.39 is 16.0 Å². The van der Waals surface area contributed by atoms with Crippen molar-refractivity contribution in [2.45, 2.75) is 23.8 Å². The zero-order valence-corrected chi connectivity index (χ0v) is 23.4. The second-order valence-electron chi connectivity index (χ2n) is 9.45. The van der Waals surface area contributed by atoms with Gasteiger partial charge in [-0.3, -0.25) is 14.5 Å². The Morgan fingerprint density at radius 2 is 1.38 bits per heavy atom. The van der Waals surface area contributed by atoms with E-state index in [-0.39, 0.29) is 36.3 Å². The van der Waals surface area contributed by atoms with Crippen LogP contribution in [0, 0.1) is 0 Å². The molecule has 1 aliphatic heterocycles. The first-order chi connectivity index (χ1) is 19.4. The molecule has 0 spiro atoms. The Bertz CT molecular complexity index is 1300. The smallest absolute Gasteiger partial charge is 0.306 e. The number of piperazine rings is 1. The number of rotatable bonds is 12. The second kappa shape index (κ2) is 14.2. The Kier molecular flexibility index (Phi) is 10.4. The van der Waals surface area contributed by atoms with Gasteiger partial charge in [-0.2, -0.15) is 4.31 Å². The number of benzene rings is 3. The maximum absolute atomic E-state index is 13.4. The van der Waals surface area contributed by atoms with Gasteiger partial charge in [-0.05, 0) is 35.4 Å². The van der Waals surface area contributed by atoms with Crippen molar-refractivity contribution in [3.63, 3.8) is 0 Å². The van der Waals surface area contributed by atoms with E-state index in [2.05, 4.69) is 34.5 Å². The van der Waals surface area contributed by atoms with E-state index >= 15 is 0 Å². The van der Waals surface area contributed by atoms with Crippen LogP contribution in [0.2, 0.25) is 0 Å². The summed E-state index contributed by atoms with van der Waals surface area (Å²) in [5.74, 6) is -0.839. The first-order valence-corrected chi connectivity index (χ1v) is 14.7. The van der Waals surface area contributed by atoms with E-state index in [4.69, 9.17) is 9.47 Å². The fraction of sp³-hybridized carbons (Fsp3) is 0.333. The molecule has 10 heteroatoms. The Morgan fingerprint density at radius 1 is 0.800 bits per heavy atom. The van der Waals surface area contributed by atoms with Crippen LogP contribution in [0.1, 0.15) is 30.0 Å². The van der Waals surface area contributed by atoms with Gasteiger partial charge in [-0.15, -0.1) is 0 Å². The molecule has 1 N–H and O–H groups in total. The van der Waals surface area contributed by atoms with Crippen LogP contribution in [0.3, 0.4) is 0 Å². The summed E-state index contributed by atoms with van der Waals surface area (Å²) in [6.07, 6.45) is -0.0908. The third-order valence-corrected chi connectivity index (χ3v) is 8.66. The molecule has 0 aliphatic carbocycles. The van der Waals surface area contributed by atoms with Crippen LogP contribution in [-0.2, 0) is 29.1 Å². The van der Waals surface area contributed by atoms with Gasteiger partial charge in [0.05, 0.1) is 24.0 Å².